The largest absolute Gasteiger partial charge is 0.480 e. The maximum absolute atomic E-state index is 13.7. The predicted octanol–water partition coefficient (Wildman–Crippen LogP) is 1.50. The van der Waals surface area contributed by atoms with Crippen molar-refractivity contribution in [3.8, 4) is 0 Å². The van der Waals surface area contributed by atoms with Crippen LogP contribution < -0.4 is 5.73 Å². The lowest BCUT2D eigenvalue weighted by Crippen LogP contribution is -2.39. The zero-order valence-corrected chi connectivity index (χ0v) is 19.9. The summed E-state index contributed by atoms with van der Waals surface area (Å²) in [5.41, 5.74) is 5.27. The maximum atomic E-state index is 13.7. The fourth-order valence-corrected chi connectivity index (χ4v) is 7.20. The van der Waals surface area contributed by atoms with Gasteiger partial charge in [0.2, 0.25) is 0 Å². The van der Waals surface area contributed by atoms with E-state index < -0.39 is 47.6 Å². The first kappa shape index (κ1) is 28.6. The highest BCUT2D eigenvalue weighted by Gasteiger charge is 2.38. The smallest absolute Gasteiger partial charge is 0.346 e. The molecule has 0 aromatic heterocycles. The summed E-state index contributed by atoms with van der Waals surface area (Å²) in [6.07, 6.45) is 0. The van der Waals surface area contributed by atoms with Crippen molar-refractivity contribution in [1.82, 2.24) is 9.34 Å². The van der Waals surface area contributed by atoms with E-state index in [1.54, 1.807) is 0 Å². The summed E-state index contributed by atoms with van der Waals surface area (Å²) in [5.74, 6) is -2.16. The fourth-order valence-electron chi connectivity index (χ4n) is 2.17. The van der Waals surface area contributed by atoms with Crippen molar-refractivity contribution in [2.24, 2.45) is 5.73 Å². The highest BCUT2D eigenvalue weighted by molar-refractivity contribution is 7.91. The number of alkyl halides is 4. The van der Waals surface area contributed by atoms with Gasteiger partial charge in [0.25, 0.3) is 0 Å². The van der Waals surface area contributed by atoms with E-state index in [1.807, 2.05) is 0 Å². The molecule has 0 aromatic rings. The molecule has 3 N–H and O–H groups in total. The number of aliphatic carboxylic acids is 1. The lowest BCUT2D eigenvalue weighted by molar-refractivity contribution is -0.137. The van der Waals surface area contributed by atoms with Gasteiger partial charge in [-0.1, -0.05) is 0 Å². The van der Waals surface area contributed by atoms with Crippen molar-refractivity contribution in [3.63, 3.8) is 0 Å². The summed E-state index contributed by atoms with van der Waals surface area (Å²) < 4.78 is 46.2. The number of nitrogens with two attached hydrogens (primary N) is 1. The van der Waals surface area contributed by atoms with Gasteiger partial charge in [0.15, 0.2) is 9.84 Å². The molecule has 0 spiro atoms. The van der Waals surface area contributed by atoms with Gasteiger partial charge in [-0.2, -0.15) is 0 Å². The van der Waals surface area contributed by atoms with E-state index >= 15 is 0 Å². The molecular weight excluding hydrogens is 499 g/mol. The van der Waals surface area contributed by atoms with Gasteiger partial charge < -0.3 is 15.4 Å². The first-order valence-corrected chi connectivity index (χ1v) is 13.7. The molecular formula is C13H26Cl4N3O6PS. The van der Waals surface area contributed by atoms with Crippen LogP contribution in [0.1, 0.15) is 0 Å². The van der Waals surface area contributed by atoms with E-state index in [1.165, 1.54) is 9.34 Å². The molecule has 0 saturated heterocycles. The van der Waals surface area contributed by atoms with E-state index in [4.69, 9.17) is 61.8 Å². The molecule has 0 saturated carbocycles. The van der Waals surface area contributed by atoms with Crippen LogP contribution in [0.25, 0.3) is 0 Å². The van der Waals surface area contributed by atoms with Crippen LogP contribution in [0.15, 0.2) is 0 Å². The molecule has 0 unspecified atom stereocenters. The number of carboxylic acids is 1. The molecule has 9 nitrogen and oxygen atoms in total. The molecule has 15 heteroatoms. The van der Waals surface area contributed by atoms with Crippen LogP contribution in [0, 0.1) is 0 Å². The Morgan fingerprint density at radius 1 is 1.00 bits per heavy atom. The fraction of sp³-hybridized carbons (Fsp3) is 0.923. The molecule has 0 bridgehead atoms. The summed E-state index contributed by atoms with van der Waals surface area (Å²) in [4.78, 5) is 10.7. The summed E-state index contributed by atoms with van der Waals surface area (Å²) in [5, 5.41) is 8.75. The van der Waals surface area contributed by atoms with E-state index in [2.05, 4.69) is 0 Å². The van der Waals surface area contributed by atoms with Crippen LogP contribution in [0.3, 0.4) is 0 Å². The second-order valence-electron chi connectivity index (χ2n) is 5.55. The van der Waals surface area contributed by atoms with Crippen LogP contribution >= 0.6 is 54.1 Å². The minimum absolute atomic E-state index is 0.144. The van der Waals surface area contributed by atoms with Crippen molar-refractivity contribution in [2.75, 3.05) is 67.8 Å². The predicted molar refractivity (Wildman–Crippen MR) is 114 cm³/mol. The monoisotopic (exact) mass is 523 g/mol. The molecule has 0 aromatic carbocycles. The zero-order valence-electron chi connectivity index (χ0n) is 15.2. The van der Waals surface area contributed by atoms with Gasteiger partial charge in [0.05, 0.1) is 18.1 Å². The molecule has 0 amide bonds. The van der Waals surface area contributed by atoms with Crippen molar-refractivity contribution < 1.29 is 27.4 Å². The topological polar surface area (TPSA) is 130 Å². The average molecular weight is 525 g/mol. The Morgan fingerprint density at radius 3 is 1.71 bits per heavy atom. The molecule has 0 radical (unpaired) electrons. The third-order valence-electron chi connectivity index (χ3n) is 3.49. The Morgan fingerprint density at radius 2 is 1.39 bits per heavy atom. The first-order chi connectivity index (χ1) is 13.1. The molecule has 0 rings (SSSR count). The SMILES string of the molecule is N[C@@H](CS(=O)(=O)CCOP(=O)(N(CCCl)CCCl)N(CCCl)CCCl)C(=O)O. The Kier molecular flexibility index (Phi) is 15.0. The van der Waals surface area contributed by atoms with Crippen molar-refractivity contribution in [1.29, 1.82) is 0 Å². The van der Waals surface area contributed by atoms with Crippen LogP contribution in [0.2, 0.25) is 0 Å². The lowest BCUT2D eigenvalue weighted by atomic mass is 10.4. The van der Waals surface area contributed by atoms with Crippen molar-refractivity contribution in [2.45, 2.75) is 6.04 Å². The van der Waals surface area contributed by atoms with Crippen LogP contribution in [-0.2, 0) is 23.7 Å². The number of carboxylic acid groups (broad SMARTS) is 1. The van der Waals surface area contributed by atoms with Crippen molar-refractivity contribution >= 4 is 69.9 Å². The zero-order chi connectivity index (χ0) is 21.8. The van der Waals surface area contributed by atoms with Gasteiger partial charge in [0.1, 0.15) is 6.04 Å². The molecule has 0 heterocycles. The normalized spacial score (nSPS) is 14.0. The number of rotatable bonds is 17. The van der Waals surface area contributed by atoms with Gasteiger partial charge in [-0.15, -0.1) is 46.4 Å². The Hall–Kier alpha value is 0.650. The molecule has 1 atom stereocenters. The molecule has 0 aliphatic carbocycles. The quantitative estimate of drug-likeness (QED) is 0.214. The van der Waals surface area contributed by atoms with Crippen molar-refractivity contribution in [3.05, 3.63) is 0 Å². The minimum atomic E-state index is -3.84. The summed E-state index contributed by atoms with van der Waals surface area (Å²) >= 11 is 23.2. The highest BCUT2D eigenvalue weighted by atomic mass is 35.5. The third-order valence-corrected chi connectivity index (χ3v) is 8.57. The number of hydrogen-bond donors (Lipinski definition) is 2. The van der Waals surface area contributed by atoms with Crippen LogP contribution in [0.5, 0.6) is 0 Å². The summed E-state index contributed by atoms with van der Waals surface area (Å²) in [7, 11) is -7.57. The summed E-state index contributed by atoms with van der Waals surface area (Å²) in [6.45, 7) is 0.299. The number of halogens is 4. The van der Waals surface area contributed by atoms with Crippen LogP contribution in [0.4, 0.5) is 0 Å². The second kappa shape index (κ2) is 14.6. The average Bonchev–Trinajstić information content (AvgIpc) is 2.60. The van der Waals surface area contributed by atoms with E-state index in [0.717, 1.165) is 0 Å². The third kappa shape index (κ3) is 10.1. The van der Waals surface area contributed by atoms with Gasteiger partial charge in [-0.3, -0.25) is 9.36 Å². The Labute approximate surface area is 185 Å². The standard InChI is InChI=1S/C13H26Cl4N3O6PS/c14-1-5-19(6-2-15)27(23,20(7-3-16)8-4-17)26-9-10-28(24,25)11-12(18)13(21)22/h12H,1-11,18H2,(H,21,22)/t12-/m0/s1. The maximum Gasteiger partial charge on any atom is 0.346 e. The van der Waals surface area contributed by atoms with E-state index in [0.29, 0.717) is 0 Å². The lowest BCUT2D eigenvalue weighted by Gasteiger charge is -2.37. The number of nitrogens with zero attached hydrogens (tertiary/aromatic N) is 2. The van der Waals surface area contributed by atoms with E-state index in [-0.39, 0.29) is 49.7 Å². The molecule has 28 heavy (non-hydrogen) atoms. The minimum Gasteiger partial charge on any atom is -0.480 e. The van der Waals surface area contributed by atoms with Gasteiger partial charge in [0, 0.05) is 49.7 Å². The number of hydrogen-bond acceptors (Lipinski definition) is 6. The number of sulfone groups is 1. The van der Waals surface area contributed by atoms with Gasteiger partial charge in [-0.05, 0) is 0 Å². The van der Waals surface area contributed by atoms with Crippen LogP contribution in [-0.4, -0.2) is 103 Å². The highest BCUT2D eigenvalue weighted by Crippen LogP contribution is 2.54. The molecule has 0 fully saturated rings. The first-order valence-electron chi connectivity index (χ1n) is 8.26. The Balaban J connectivity index is 5.41. The van der Waals surface area contributed by atoms with E-state index in [9.17, 15) is 17.8 Å². The number of carbonyl (C=O) groups is 1. The second-order valence-corrected chi connectivity index (χ2v) is 11.7. The molecule has 0 aliphatic heterocycles. The van der Waals surface area contributed by atoms with Gasteiger partial charge >= 0.3 is 13.6 Å². The summed E-state index contributed by atoms with van der Waals surface area (Å²) in [6, 6.07) is -1.55. The molecule has 0 aliphatic rings. The Bertz CT molecular complexity index is 583. The molecule has 168 valence electrons. The van der Waals surface area contributed by atoms with Gasteiger partial charge in [-0.25, -0.2) is 17.8 Å².